The summed E-state index contributed by atoms with van der Waals surface area (Å²) in [6.07, 6.45) is 2.92. The zero-order valence-electron chi connectivity index (χ0n) is 12.2. The van der Waals surface area contributed by atoms with Crippen molar-refractivity contribution in [2.24, 2.45) is 0 Å². The lowest BCUT2D eigenvalue weighted by atomic mass is 10.1. The average Bonchev–Trinajstić information content (AvgIpc) is 3.02. The molecule has 1 atom stereocenters. The fourth-order valence-electron chi connectivity index (χ4n) is 2.95. The van der Waals surface area contributed by atoms with Gasteiger partial charge >= 0.3 is 0 Å². The van der Waals surface area contributed by atoms with Crippen LogP contribution in [0.1, 0.15) is 30.7 Å². The van der Waals surface area contributed by atoms with Gasteiger partial charge in [-0.05, 0) is 37.6 Å². The highest BCUT2D eigenvalue weighted by Gasteiger charge is 2.26. The summed E-state index contributed by atoms with van der Waals surface area (Å²) < 4.78 is 5.71. The van der Waals surface area contributed by atoms with Crippen LogP contribution >= 0.6 is 0 Å². The molecule has 2 heterocycles. The second-order valence-corrected chi connectivity index (χ2v) is 5.46. The Hall–Kier alpha value is -1.74. The largest absolute Gasteiger partial charge is 0.467 e. The maximum absolute atomic E-state index is 5.71. The smallest absolute Gasteiger partial charge is 0.127 e. The Morgan fingerprint density at radius 3 is 3.00 bits per heavy atom. The van der Waals surface area contributed by atoms with E-state index in [0.717, 1.165) is 31.8 Å². The summed E-state index contributed by atoms with van der Waals surface area (Å²) in [5.41, 5.74) is 4.06. The molecule has 0 fully saturated rings. The Bertz CT molecular complexity index is 576. The van der Waals surface area contributed by atoms with Crippen molar-refractivity contribution in [3.8, 4) is 0 Å². The molecule has 1 aromatic carbocycles. The van der Waals surface area contributed by atoms with E-state index < -0.39 is 0 Å². The van der Waals surface area contributed by atoms with Crippen LogP contribution < -0.4 is 10.2 Å². The lowest BCUT2D eigenvalue weighted by molar-refractivity contribution is 0.486. The monoisotopic (exact) mass is 270 g/mol. The second-order valence-electron chi connectivity index (χ2n) is 5.46. The van der Waals surface area contributed by atoms with Crippen LogP contribution in [0.3, 0.4) is 0 Å². The van der Waals surface area contributed by atoms with Crippen LogP contribution in [-0.4, -0.2) is 12.6 Å². The number of nitrogens with zero attached hydrogens (tertiary/aromatic N) is 1. The Labute approximate surface area is 120 Å². The molecule has 1 aromatic heterocycles. The zero-order chi connectivity index (χ0) is 13.9. The molecule has 3 heteroatoms. The van der Waals surface area contributed by atoms with Gasteiger partial charge in [0.2, 0.25) is 0 Å². The lowest BCUT2D eigenvalue weighted by Crippen LogP contribution is -2.29. The molecule has 1 unspecified atom stereocenters. The first-order valence-corrected chi connectivity index (χ1v) is 7.40. The van der Waals surface area contributed by atoms with Crippen molar-refractivity contribution in [2.45, 2.75) is 39.4 Å². The van der Waals surface area contributed by atoms with E-state index in [-0.39, 0.29) is 0 Å². The summed E-state index contributed by atoms with van der Waals surface area (Å²) in [4.78, 5) is 2.45. The molecule has 0 aliphatic carbocycles. The van der Waals surface area contributed by atoms with Gasteiger partial charge in [0.15, 0.2) is 0 Å². The molecule has 2 aromatic rings. The highest BCUT2D eigenvalue weighted by Crippen LogP contribution is 2.33. The van der Waals surface area contributed by atoms with E-state index in [1.807, 2.05) is 0 Å². The molecule has 106 valence electrons. The lowest BCUT2D eigenvalue weighted by Gasteiger charge is -2.24. The molecule has 0 spiro atoms. The van der Waals surface area contributed by atoms with Gasteiger partial charge in [-0.15, -0.1) is 0 Å². The van der Waals surface area contributed by atoms with Crippen LogP contribution in [0, 0.1) is 0 Å². The van der Waals surface area contributed by atoms with E-state index in [0.29, 0.717) is 6.04 Å². The van der Waals surface area contributed by atoms with Crippen molar-refractivity contribution in [1.29, 1.82) is 0 Å². The second kappa shape index (κ2) is 5.71. The fourth-order valence-corrected chi connectivity index (χ4v) is 2.95. The third kappa shape index (κ3) is 2.46. The molecule has 1 aliphatic rings. The third-order valence-electron chi connectivity index (χ3n) is 4.07. The molecule has 1 aliphatic heterocycles. The van der Waals surface area contributed by atoms with Crippen LogP contribution in [0.4, 0.5) is 5.69 Å². The number of furan rings is 1. The standard InChI is InChI=1S/C17H22N2O/c1-3-18-11-15-8-9-20-17(15)12-19-13(2)10-14-6-4-5-7-16(14)19/h4-9,13,18H,3,10-12H2,1-2H3. The predicted molar refractivity (Wildman–Crippen MR) is 81.9 cm³/mol. The van der Waals surface area contributed by atoms with Crippen molar-refractivity contribution >= 4 is 5.69 Å². The van der Waals surface area contributed by atoms with Crippen LogP contribution in [0.2, 0.25) is 0 Å². The maximum atomic E-state index is 5.71. The van der Waals surface area contributed by atoms with Gasteiger partial charge in [-0.25, -0.2) is 0 Å². The number of rotatable bonds is 5. The number of nitrogens with one attached hydrogen (secondary N) is 1. The highest BCUT2D eigenvalue weighted by atomic mass is 16.3. The van der Waals surface area contributed by atoms with E-state index in [2.05, 4.69) is 54.4 Å². The first-order chi connectivity index (χ1) is 9.79. The maximum Gasteiger partial charge on any atom is 0.127 e. The molecule has 0 saturated heterocycles. The highest BCUT2D eigenvalue weighted by molar-refractivity contribution is 5.59. The number of para-hydroxylation sites is 1. The van der Waals surface area contributed by atoms with E-state index in [4.69, 9.17) is 4.42 Å². The van der Waals surface area contributed by atoms with Crippen LogP contribution in [-0.2, 0) is 19.5 Å². The Kier molecular flexibility index (Phi) is 3.79. The summed E-state index contributed by atoms with van der Waals surface area (Å²) in [6.45, 7) is 7.12. The molecular formula is C17H22N2O. The molecule has 3 nitrogen and oxygen atoms in total. The minimum Gasteiger partial charge on any atom is -0.467 e. The van der Waals surface area contributed by atoms with Gasteiger partial charge in [0.05, 0.1) is 12.8 Å². The molecule has 0 bridgehead atoms. The molecular weight excluding hydrogens is 248 g/mol. The summed E-state index contributed by atoms with van der Waals surface area (Å²) in [6, 6.07) is 11.3. The summed E-state index contributed by atoms with van der Waals surface area (Å²) >= 11 is 0. The van der Waals surface area contributed by atoms with Crippen LogP contribution in [0.5, 0.6) is 0 Å². The number of anilines is 1. The Morgan fingerprint density at radius 1 is 1.30 bits per heavy atom. The molecule has 0 amide bonds. The molecule has 0 radical (unpaired) electrons. The van der Waals surface area contributed by atoms with Crippen molar-refractivity contribution in [3.63, 3.8) is 0 Å². The van der Waals surface area contributed by atoms with Crippen molar-refractivity contribution in [2.75, 3.05) is 11.4 Å². The van der Waals surface area contributed by atoms with Gasteiger partial charge in [-0.1, -0.05) is 25.1 Å². The SMILES string of the molecule is CCNCc1ccoc1CN1c2ccccc2CC1C. The first-order valence-electron chi connectivity index (χ1n) is 7.40. The van der Waals surface area contributed by atoms with E-state index >= 15 is 0 Å². The van der Waals surface area contributed by atoms with Crippen LogP contribution in [0.15, 0.2) is 41.0 Å². The zero-order valence-corrected chi connectivity index (χ0v) is 12.2. The third-order valence-corrected chi connectivity index (χ3v) is 4.07. The molecule has 3 rings (SSSR count). The summed E-state index contributed by atoms with van der Waals surface area (Å²) in [5.74, 6) is 1.08. The fraction of sp³-hybridized carbons (Fsp3) is 0.412. The number of benzene rings is 1. The quantitative estimate of drug-likeness (QED) is 0.903. The number of hydrogen-bond acceptors (Lipinski definition) is 3. The van der Waals surface area contributed by atoms with Gasteiger partial charge in [-0.2, -0.15) is 0 Å². The van der Waals surface area contributed by atoms with Gasteiger partial charge in [0.25, 0.3) is 0 Å². The van der Waals surface area contributed by atoms with E-state index in [1.54, 1.807) is 6.26 Å². The minimum absolute atomic E-state index is 0.532. The van der Waals surface area contributed by atoms with Crippen molar-refractivity contribution < 1.29 is 4.42 Å². The van der Waals surface area contributed by atoms with Crippen LogP contribution in [0.25, 0.3) is 0 Å². The van der Waals surface area contributed by atoms with Gasteiger partial charge in [-0.3, -0.25) is 0 Å². The summed E-state index contributed by atoms with van der Waals surface area (Å²) in [7, 11) is 0. The normalized spacial score (nSPS) is 17.5. The first kappa shape index (κ1) is 13.3. The Balaban J connectivity index is 1.80. The average molecular weight is 270 g/mol. The van der Waals surface area contributed by atoms with E-state index in [9.17, 15) is 0 Å². The summed E-state index contributed by atoms with van der Waals surface area (Å²) in [5, 5.41) is 3.37. The van der Waals surface area contributed by atoms with E-state index in [1.165, 1.54) is 16.8 Å². The topological polar surface area (TPSA) is 28.4 Å². The molecule has 20 heavy (non-hydrogen) atoms. The molecule has 0 saturated carbocycles. The predicted octanol–water partition coefficient (Wildman–Crippen LogP) is 3.34. The minimum atomic E-state index is 0.532. The van der Waals surface area contributed by atoms with Crippen molar-refractivity contribution in [3.05, 3.63) is 53.5 Å². The molecule has 1 N–H and O–H groups in total. The van der Waals surface area contributed by atoms with Gasteiger partial charge in [0, 0.05) is 23.8 Å². The van der Waals surface area contributed by atoms with Gasteiger partial charge in [0.1, 0.15) is 5.76 Å². The van der Waals surface area contributed by atoms with Crippen molar-refractivity contribution in [1.82, 2.24) is 5.32 Å². The Morgan fingerprint density at radius 2 is 2.15 bits per heavy atom. The number of hydrogen-bond donors (Lipinski definition) is 1. The number of fused-ring (bicyclic) bond motifs is 1. The van der Waals surface area contributed by atoms with Gasteiger partial charge < -0.3 is 14.6 Å².